The summed E-state index contributed by atoms with van der Waals surface area (Å²) in [6.45, 7) is 4.42. The monoisotopic (exact) mass is 655 g/mol. The predicted octanol–water partition coefficient (Wildman–Crippen LogP) is 13.7. The molecule has 0 fully saturated rings. The van der Waals surface area contributed by atoms with Crippen molar-refractivity contribution in [1.82, 2.24) is 0 Å². The molecule has 4 heteroatoms. The number of carbonyl (C=O) groups is 2. The average Bonchev–Trinajstić information content (AvgIpc) is 3.05. The maximum Gasteiger partial charge on any atom is 0.306 e. The molecule has 47 heavy (non-hydrogen) atoms. The zero-order valence-electron chi connectivity index (χ0n) is 30.8. The van der Waals surface area contributed by atoms with Crippen molar-refractivity contribution in [2.24, 2.45) is 0 Å². The van der Waals surface area contributed by atoms with Crippen LogP contribution in [0, 0.1) is 0 Å². The molecular weight excluding hydrogens is 580 g/mol. The van der Waals surface area contributed by atoms with Crippen LogP contribution >= 0.6 is 0 Å². The van der Waals surface area contributed by atoms with E-state index in [0.29, 0.717) is 6.42 Å². The van der Waals surface area contributed by atoms with E-state index in [0.717, 1.165) is 96.3 Å². The Kier molecular flexibility index (Phi) is 36.2. The lowest BCUT2D eigenvalue weighted by molar-refractivity contribution is -0.147. The summed E-state index contributed by atoms with van der Waals surface area (Å²) in [6.07, 6.45) is 52.5. The van der Waals surface area contributed by atoms with Gasteiger partial charge in [0.25, 0.3) is 0 Å². The third kappa shape index (κ3) is 38.0. The maximum atomic E-state index is 12.6. The lowest BCUT2D eigenvalue weighted by atomic mass is 10.0. The molecular formula is C43H74O4. The summed E-state index contributed by atoms with van der Waals surface area (Å²) in [5, 5.41) is 8.78. The van der Waals surface area contributed by atoms with Crippen LogP contribution in [-0.2, 0) is 14.3 Å². The molecule has 1 unspecified atom stereocenters. The Morgan fingerprint density at radius 1 is 0.511 bits per heavy atom. The number of carboxylic acid groups (broad SMARTS) is 1. The molecule has 0 spiro atoms. The molecule has 0 heterocycles. The van der Waals surface area contributed by atoms with Crippen LogP contribution in [0.25, 0.3) is 0 Å². The number of allylic oxidation sites excluding steroid dienone is 9. The van der Waals surface area contributed by atoms with Crippen LogP contribution in [0.2, 0.25) is 0 Å². The molecule has 0 aliphatic rings. The Balaban J connectivity index is 4.08. The number of hydrogen-bond donors (Lipinski definition) is 1. The number of carbonyl (C=O) groups excluding carboxylic acids is 1. The van der Waals surface area contributed by atoms with Crippen LogP contribution in [0.15, 0.2) is 60.8 Å². The number of aliphatic carboxylic acids is 1. The van der Waals surface area contributed by atoms with Crippen LogP contribution in [0.4, 0.5) is 0 Å². The van der Waals surface area contributed by atoms with Crippen molar-refractivity contribution in [3.8, 4) is 0 Å². The van der Waals surface area contributed by atoms with Gasteiger partial charge in [0.05, 0.1) is 0 Å². The number of ether oxygens (including phenoxy) is 1. The minimum atomic E-state index is -0.702. The molecule has 0 rings (SSSR count). The zero-order chi connectivity index (χ0) is 34.3. The van der Waals surface area contributed by atoms with E-state index in [9.17, 15) is 9.59 Å². The van der Waals surface area contributed by atoms with Gasteiger partial charge in [-0.25, -0.2) is 0 Å². The Bertz CT molecular complexity index is 835. The lowest BCUT2D eigenvalue weighted by Crippen LogP contribution is -2.16. The average molecular weight is 655 g/mol. The quantitative estimate of drug-likeness (QED) is 0.0419. The van der Waals surface area contributed by atoms with Gasteiger partial charge in [0, 0.05) is 12.8 Å². The summed E-state index contributed by atoms with van der Waals surface area (Å²) >= 11 is 0. The van der Waals surface area contributed by atoms with Crippen molar-refractivity contribution in [3.05, 3.63) is 60.8 Å². The summed E-state index contributed by atoms with van der Waals surface area (Å²) < 4.78 is 5.92. The second-order valence-corrected chi connectivity index (χ2v) is 13.1. The predicted molar refractivity (Wildman–Crippen MR) is 204 cm³/mol. The number of hydrogen-bond acceptors (Lipinski definition) is 3. The maximum absolute atomic E-state index is 12.6. The van der Waals surface area contributed by atoms with Crippen LogP contribution in [0.1, 0.15) is 194 Å². The highest BCUT2D eigenvalue weighted by Crippen LogP contribution is 2.16. The van der Waals surface area contributed by atoms with Gasteiger partial charge in [-0.15, -0.1) is 0 Å². The van der Waals surface area contributed by atoms with E-state index in [2.05, 4.69) is 74.6 Å². The third-order valence-electron chi connectivity index (χ3n) is 8.46. The van der Waals surface area contributed by atoms with Gasteiger partial charge < -0.3 is 9.84 Å². The smallest absolute Gasteiger partial charge is 0.306 e. The minimum absolute atomic E-state index is 0.0522. The summed E-state index contributed by atoms with van der Waals surface area (Å²) in [7, 11) is 0. The Labute approximate surface area is 291 Å². The third-order valence-corrected chi connectivity index (χ3v) is 8.46. The van der Waals surface area contributed by atoms with Crippen molar-refractivity contribution in [2.45, 2.75) is 200 Å². The van der Waals surface area contributed by atoms with Crippen molar-refractivity contribution in [3.63, 3.8) is 0 Å². The fourth-order valence-corrected chi connectivity index (χ4v) is 5.55. The van der Waals surface area contributed by atoms with E-state index < -0.39 is 5.97 Å². The molecule has 0 aliphatic heterocycles. The number of rotatable bonds is 35. The van der Waals surface area contributed by atoms with Gasteiger partial charge >= 0.3 is 11.9 Å². The molecule has 0 radical (unpaired) electrons. The van der Waals surface area contributed by atoms with Crippen LogP contribution in [0.5, 0.6) is 0 Å². The zero-order valence-corrected chi connectivity index (χ0v) is 30.8. The van der Waals surface area contributed by atoms with Crippen LogP contribution in [0.3, 0.4) is 0 Å². The van der Waals surface area contributed by atoms with E-state index in [4.69, 9.17) is 9.84 Å². The largest absolute Gasteiger partial charge is 0.481 e. The van der Waals surface area contributed by atoms with Gasteiger partial charge in [0.15, 0.2) is 0 Å². The van der Waals surface area contributed by atoms with Crippen LogP contribution in [-0.4, -0.2) is 23.1 Å². The summed E-state index contributed by atoms with van der Waals surface area (Å²) in [5.41, 5.74) is 0. The first-order chi connectivity index (χ1) is 23.1. The Hall–Kier alpha value is -2.36. The molecule has 270 valence electrons. The molecule has 0 aromatic carbocycles. The molecule has 0 aromatic heterocycles. The van der Waals surface area contributed by atoms with E-state index in [1.807, 2.05) is 0 Å². The van der Waals surface area contributed by atoms with Gasteiger partial charge in [-0.3, -0.25) is 9.59 Å². The Morgan fingerprint density at radius 3 is 1.51 bits per heavy atom. The van der Waals surface area contributed by atoms with Crippen molar-refractivity contribution in [1.29, 1.82) is 0 Å². The second kappa shape index (κ2) is 38.1. The number of esters is 1. The van der Waals surface area contributed by atoms with Gasteiger partial charge in [-0.05, 0) is 83.1 Å². The molecule has 0 aromatic rings. The highest BCUT2D eigenvalue weighted by atomic mass is 16.5. The standard InChI is InChI=1S/C43H74O4/c1-3-5-7-9-11-13-14-15-16-17-18-19-20-21-22-24-26-32-36-40-43(46)47-41(37-33-29-25-23-12-10-8-6-4-2)38-34-30-27-28-31-35-39-42(44)45/h5,7,11,13,15-16,18-19,33,37,41H,3-4,6,8-10,12,14,17,20-32,34-36,38-40H2,1-2H3,(H,44,45)/b7-5-,13-11-,16-15-,19-18-,37-33-. The summed E-state index contributed by atoms with van der Waals surface area (Å²) in [6, 6.07) is 0. The summed E-state index contributed by atoms with van der Waals surface area (Å²) in [4.78, 5) is 23.3. The highest BCUT2D eigenvalue weighted by Gasteiger charge is 2.11. The SMILES string of the molecule is CC/C=C\C/C=C\C/C=C\C/C=C\CCCCCCCCC(=O)OC(/C=C\CCCCCCCCC)CCCCCCCCC(=O)O. The lowest BCUT2D eigenvalue weighted by Gasteiger charge is -2.15. The normalized spacial score (nSPS) is 12.9. The van der Waals surface area contributed by atoms with Crippen molar-refractivity contribution >= 4 is 11.9 Å². The molecule has 1 N–H and O–H groups in total. The molecule has 0 bridgehead atoms. The molecule has 0 saturated carbocycles. The molecule has 1 atom stereocenters. The van der Waals surface area contributed by atoms with Gasteiger partial charge in [-0.2, -0.15) is 0 Å². The van der Waals surface area contributed by atoms with Crippen molar-refractivity contribution in [2.75, 3.05) is 0 Å². The van der Waals surface area contributed by atoms with E-state index in [-0.39, 0.29) is 18.5 Å². The summed E-state index contributed by atoms with van der Waals surface area (Å²) in [5.74, 6) is -0.755. The molecule has 0 amide bonds. The fraction of sp³-hybridized carbons (Fsp3) is 0.721. The van der Waals surface area contributed by atoms with Gasteiger partial charge in [0.2, 0.25) is 0 Å². The minimum Gasteiger partial charge on any atom is -0.481 e. The molecule has 0 saturated heterocycles. The first-order valence-electron chi connectivity index (χ1n) is 19.8. The van der Waals surface area contributed by atoms with Crippen molar-refractivity contribution < 1.29 is 19.4 Å². The highest BCUT2D eigenvalue weighted by molar-refractivity contribution is 5.69. The Morgan fingerprint density at radius 2 is 0.957 bits per heavy atom. The topological polar surface area (TPSA) is 63.6 Å². The van der Waals surface area contributed by atoms with Crippen LogP contribution < -0.4 is 0 Å². The van der Waals surface area contributed by atoms with E-state index in [1.54, 1.807) is 0 Å². The second-order valence-electron chi connectivity index (χ2n) is 13.1. The van der Waals surface area contributed by atoms with Gasteiger partial charge in [0.1, 0.15) is 6.10 Å². The fourth-order valence-electron chi connectivity index (χ4n) is 5.55. The number of carboxylic acids is 1. The first-order valence-corrected chi connectivity index (χ1v) is 19.8. The molecule has 4 nitrogen and oxygen atoms in total. The number of unbranched alkanes of at least 4 members (excludes halogenated alkanes) is 18. The molecule has 0 aliphatic carbocycles. The van der Waals surface area contributed by atoms with Gasteiger partial charge in [-0.1, -0.05) is 158 Å². The van der Waals surface area contributed by atoms with E-state index in [1.165, 1.54) is 70.6 Å². The van der Waals surface area contributed by atoms with E-state index >= 15 is 0 Å². The first kappa shape index (κ1) is 44.6.